The van der Waals surface area contributed by atoms with E-state index in [1.807, 2.05) is 12.1 Å². The summed E-state index contributed by atoms with van der Waals surface area (Å²) in [5, 5.41) is 11.1. The van der Waals surface area contributed by atoms with Crippen molar-refractivity contribution in [2.45, 2.75) is 25.7 Å². The second-order valence-corrected chi connectivity index (χ2v) is 11.9. The first-order chi connectivity index (χ1) is 21.7. The van der Waals surface area contributed by atoms with E-state index < -0.39 is 29.6 Å². The molecule has 1 N–H and O–H groups in total. The fourth-order valence-corrected chi connectivity index (χ4v) is 7.47. The Kier molecular flexibility index (Phi) is 6.73. The first-order valence-electron chi connectivity index (χ1n) is 14.8. The molecule has 0 bridgehead atoms. The van der Waals surface area contributed by atoms with Crippen LogP contribution < -0.4 is 9.64 Å². The summed E-state index contributed by atoms with van der Waals surface area (Å²) in [6.45, 7) is 1.59. The molecule has 1 saturated heterocycles. The third-order valence-electron chi connectivity index (χ3n) is 9.54. The molecule has 0 aromatic heterocycles. The van der Waals surface area contributed by atoms with Gasteiger partial charge in [-0.3, -0.25) is 28.9 Å². The number of allylic oxidation sites excluding steroid dienone is 6. The van der Waals surface area contributed by atoms with E-state index in [-0.39, 0.29) is 47.4 Å². The van der Waals surface area contributed by atoms with Crippen molar-refractivity contribution in [2.24, 2.45) is 17.8 Å². The molecule has 224 valence electrons. The van der Waals surface area contributed by atoms with Gasteiger partial charge in [0, 0.05) is 39.3 Å². The zero-order valence-electron chi connectivity index (χ0n) is 24.7. The third-order valence-corrected chi connectivity index (χ3v) is 9.54. The van der Waals surface area contributed by atoms with Crippen LogP contribution in [0.2, 0.25) is 0 Å². The quantitative estimate of drug-likeness (QED) is 0.184. The third kappa shape index (κ3) is 4.31. The Hall–Kier alpha value is -5.37. The number of phenolic OH excluding ortho intramolecular Hbond substituents is 1. The lowest BCUT2D eigenvalue weighted by molar-refractivity contribution is -0.123. The Balaban J connectivity index is 1.28. The van der Waals surface area contributed by atoms with Crippen molar-refractivity contribution in [2.75, 3.05) is 12.0 Å². The summed E-state index contributed by atoms with van der Waals surface area (Å²) in [4.78, 5) is 69.2. The van der Waals surface area contributed by atoms with Gasteiger partial charge in [-0.15, -0.1) is 0 Å². The highest BCUT2D eigenvalue weighted by Gasteiger charge is 2.57. The van der Waals surface area contributed by atoms with E-state index in [1.165, 1.54) is 24.2 Å². The molecule has 8 heteroatoms. The molecule has 0 radical (unpaired) electrons. The number of Topliss-reactive ketones (excluding diaryl/α,β-unsaturated/α-hetero) is 1. The average molecular weight is 600 g/mol. The molecule has 1 aliphatic heterocycles. The van der Waals surface area contributed by atoms with Gasteiger partial charge in [-0.1, -0.05) is 48.0 Å². The first-order valence-corrected chi connectivity index (χ1v) is 14.8. The number of anilines is 1. The summed E-state index contributed by atoms with van der Waals surface area (Å²) < 4.78 is 5.61. The highest BCUT2D eigenvalue weighted by Crippen LogP contribution is 2.57. The monoisotopic (exact) mass is 599 g/mol. The van der Waals surface area contributed by atoms with Gasteiger partial charge in [0.05, 0.1) is 24.6 Å². The van der Waals surface area contributed by atoms with Crippen molar-refractivity contribution < 1.29 is 33.8 Å². The van der Waals surface area contributed by atoms with Crippen molar-refractivity contribution in [1.29, 1.82) is 0 Å². The largest absolute Gasteiger partial charge is 0.507 e. The second-order valence-electron chi connectivity index (χ2n) is 11.9. The lowest BCUT2D eigenvalue weighted by Gasteiger charge is -2.42. The lowest BCUT2D eigenvalue weighted by atomic mass is 9.59. The Morgan fingerprint density at radius 1 is 0.867 bits per heavy atom. The standard InChI is InChI=1S/C37H29NO7/c1-19-17-28(40)26-18-25-23(31(32(26)34(19)41)33-27(39)9-6-10-29(33)45-2)15-16-24-30(25)37(44)38(36(24)43)22-13-11-21(12-14-22)35(42)20-7-4-3-5-8-20/h3-15,17,24-25,30-31,39H,16,18H2,1-2H3. The normalized spacial score (nSPS) is 24.1. The van der Waals surface area contributed by atoms with E-state index in [0.29, 0.717) is 39.3 Å². The maximum Gasteiger partial charge on any atom is 0.238 e. The number of carbonyl (C=O) groups is 5. The summed E-state index contributed by atoms with van der Waals surface area (Å²) in [6.07, 6.45) is 3.60. The average Bonchev–Trinajstić information content (AvgIpc) is 3.32. The molecule has 3 aliphatic carbocycles. The molecule has 4 aliphatic rings. The molecule has 4 unspecified atom stereocenters. The van der Waals surface area contributed by atoms with E-state index in [0.717, 1.165) is 5.57 Å². The topological polar surface area (TPSA) is 118 Å². The summed E-state index contributed by atoms with van der Waals surface area (Å²) >= 11 is 0. The van der Waals surface area contributed by atoms with Crippen LogP contribution in [0.3, 0.4) is 0 Å². The number of ketones is 3. The van der Waals surface area contributed by atoms with Crippen molar-refractivity contribution in [3.8, 4) is 11.5 Å². The fourth-order valence-electron chi connectivity index (χ4n) is 7.47. The van der Waals surface area contributed by atoms with Crippen LogP contribution >= 0.6 is 0 Å². The summed E-state index contributed by atoms with van der Waals surface area (Å²) in [5.41, 5.74) is 3.29. The number of aromatic hydroxyl groups is 1. The molecular weight excluding hydrogens is 570 g/mol. The first kappa shape index (κ1) is 28.4. The van der Waals surface area contributed by atoms with Gasteiger partial charge >= 0.3 is 0 Å². The number of amides is 2. The van der Waals surface area contributed by atoms with Crippen LogP contribution in [0.5, 0.6) is 11.5 Å². The minimum absolute atomic E-state index is 0.0945. The minimum atomic E-state index is -0.823. The van der Waals surface area contributed by atoms with Gasteiger partial charge < -0.3 is 9.84 Å². The van der Waals surface area contributed by atoms with Crippen LogP contribution in [0.1, 0.15) is 47.2 Å². The Morgan fingerprint density at radius 3 is 2.29 bits per heavy atom. The van der Waals surface area contributed by atoms with Gasteiger partial charge in [-0.25, -0.2) is 0 Å². The van der Waals surface area contributed by atoms with Gasteiger partial charge in [0.15, 0.2) is 17.3 Å². The van der Waals surface area contributed by atoms with Gasteiger partial charge in [0.2, 0.25) is 11.8 Å². The smallest absolute Gasteiger partial charge is 0.238 e. The predicted octanol–water partition coefficient (Wildman–Crippen LogP) is 5.27. The van der Waals surface area contributed by atoms with E-state index in [4.69, 9.17) is 4.74 Å². The number of nitrogens with zero attached hydrogens (tertiary/aromatic N) is 1. The molecule has 0 saturated carbocycles. The summed E-state index contributed by atoms with van der Waals surface area (Å²) in [6, 6.07) is 20.1. The van der Waals surface area contributed by atoms with Crippen molar-refractivity contribution >= 4 is 34.9 Å². The van der Waals surface area contributed by atoms with E-state index in [1.54, 1.807) is 67.6 Å². The number of hydrogen-bond acceptors (Lipinski definition) is 7. The molecule has 7 rings (SSSR count). The number of fused-ring (bicyclic) bond motifs is 3. The molecule has 8 nitrogen and oxygen atoms in total. The molecule has 0 spiro atoms. The van der Waals surface area contributed by atoms with Crippen LogP contribution in [0.4, 0.5) is 5.69 Å². The number of methoxy groups -OCH3 is 1. The van der Waals surface area contributed by atoms with E-state index in [9.17, 15) is 29.1 Å². The molecule has 1 heterocycles. The van der Waals surface area contributed by atoms with Gasteiger partial charge in [-0.05, 0) is 68.2 Å². The number of benzene rings is 3. The lowest BCUT2D eigenvalue weighted by Crippen LogP contribution is -2.40. The van der Waals surface area contributed by atoms with E-state index in [2.05, 4.69) is 0 Å². The fraction of sp³-hybridized carbons (Fsp3) is 0.216. The Labute approximate surface area is 259 Å². The highest BCUT2D eigenvalue weighted by molar-refractivity contribution is 6.25. The molecule has 1 fully saturated rings. The van der Waals surface area contributed by atoms with Crippen LogP contribution in [0, 0.1) is 17.8 Å². The number of hydrogen-bond donors (Lipinski definition) is 1. The predicted molar refractivity (Wildman–Crippen MR) is 165 cm³/mol. The summed E-state index contributed by atoms with van der Waals surface area (Å²) in [5.74, 6) is -4.06. The zero-order valence-corrected chi connectivity index (χ0v) is 24.7. The van der Waals surface area contributed by atoms with Crippen molar-refractivity contribution in [3.05, 3.63) is 124 Å². The van der Waals surface area contributed by atoms with E-state index >= 15 is 0 Å². The number of carbonyl (C=O) groups excluding carboxylic acids is 5. The molecular formula is C37H29NO7. The number of ether oxygens (including phenoxy) is 1. The molecule has 3 aromatic rings. The maximum absolute atomic E-state index is 14.2. The van der Waals surface area contributed by atoms with Crippen LogP contribution in [0.15, 0.2) is 107 Å². The van der Waals surface area contributed by atoms with Crippen LogP contribution in [-0.2, 0) is 19.2 Å². The Bertz CT molecular complexity index is 1920. The molecule has 45 heavy (non-hydrogen) atoms. The number of imide groups is 1. The van der Waals surface area contributed by atoms with Crippen LogP contribution in [0.25, 0.3) is 0 Å². The molecule has 3 aromatic carbocycles. The molecule has 4 atom stereocenters. The second kappa shape index (κ2) is 10.7. The SMILES string of the molecule is COc1cccc(O)c1C1C2=CCC3C(=O)N(c4ccc(C(=O)c5ccccc5)cc4)C(=O)C3C2CC2=C1C(=O)C(C)=CC2=O. The Morgan fingerprint density at radius 2 is 1.58 bits per heavy atom. The van der Waals surface area contributed by atoms with Crippen molar-refractivity contribution in [3.63, 3.8) is 0 Å². The minimum Gasteiger partial charge on any atom is -0.507 e. The van der Waals surface area contributed by atoms with Crippen molar-refractivity contribution in [1.82, 2.24) is 0 Å². The van der Waals surface area contributed by atoms with Gasteiger partial charge in [0.25, 0.3) is 0 Å². The number of phenols is 1. The highest BCUT2D eigenvalue weighted by atomic mass is 16.5. The van der Waals surface area contributed by atoms with Crippen LogP contribution in [-0.4, -0.2) is 41.4 Å². The number of rotatable bonds is 5. The zero-order chi connectivity index (χ0) is 31.6. The summed E-state index contributed by atoms with van der Waals surface area (Å²) in [7, 11) is 1.47. The maximum atomic E-state index is 14.2. The molecule has 2 amide bonds. The van der Waals surface area contributed by atoms with Gasteiger partial charge in [0.1, 0.15) is 11.5 Å². The van der Waals surface area contributed by atoms with Gasteiger partial charge in [-0.2, -0.15) is 0 Å².